The molecule has 0 aromatic heterocycles. The Bertz CT molecular complexity index is 309. The van der Waals surface area contributed by atoms with Crippen molar-refractivity contribution in [3.8, 4) is 0 Å². The topological polar surface area (TPSA) is 32.3 Å². The average Bonchev–Trinajstić information content (AvgIpc) is 2.80. The molecule has 2 amide bonds. The number of rotatable bonds is 1. The van der Waals surface area contributed by atoms with E-state index < -0.39 is 0 Å². The highest BCUT2D eigenvalue weighted by molar-refractivity contribution is 5.75. The van der Waals surface area contributed by atoms with Crippen LogP contribution in [0.3, 0.4) is 0 Å². The Morgan fingerprint density at radius 3 is 2.69 bits per heavy atom. The first-order valence-electron chi connectivity index (χ1n) is 6.65. The summed E-state index contributed by atoms with van der Waals surface area (Å²) in [6.07, 6.45) is 6.18. The Balaban J connectivity index is 1.72. The van der Waals surface area contributed by atoms with Gasteiger partial charge in [0.05, 0.1) is 0 Å². The van der Waals surface area contributed by atoms with E-state index in [4.69, 9.17) is 0 Å². The van der Waals surface area contributed by atoms with Crippen LogP contribution in [0.15, 0.2) is 0 Å². The van der Waals surface area contributed by atoms with Crippen LogP contribution in [0.4, 0.5) is 4.79 Å². The molecule has 2 saturated carbocycles. The van der Waals surface area contributed by atoms with Gasteiger partial charge < -0.3 is 10.2 Å². The normalized spacial score (nSPS) is 36.2. The third kappa shape index (κ3) is 1.61. The average molecular weight is 222 g/mol. The van der Waals surface area contributed by atoms with Crippen molar-refractivity contribution in [2.75, 3.05) is 6.54 Å². The van der Waals surface area contributed by atoms with Crippen LogP contribution in [0.2, 0.25) is 0 Å². The van der Waals surface area contributed by atoms with E-state index in [0.717, 1.165) is 12.5 Å². The second kappa shape index (κ2) is 3.38. The lowest BCUT2D eigenvalue weighted by Gasteiger charge is -2.24. The lowest BCUT2D eigenvalue weighted by Crippen LogP contribution is -2.44. The quantitative estimate of drug-likeness (QED) is 0.726. The molecule has 1 heterocycles. The lowest BCUT2D eigenvalue weighted by molar-refractivity contribution is 0.187. The van der Waals surface area contributed by atoms with Crippen LogP contribution in [-0.4, -0.2) is 29.6 Å². The van der Waals surface area contributed by atoms with Gasteiger partial charge in [-0.15, -0.1) is 0 Å². The number of carbonyl (C=O) groups excluding carboxylic acids is 1. The van der Waals surface area contributed by atoms with E-state index in [1.165, 1.54) is 32.1 Å². The highest BCUT2D eigenvalue weighted by atomic mass is 16.2. The molecule has 3 rings (SSSR count). The van der Waals surface area contributed by atoms with Gasteiger partial charge in [-0.05, 0) is 37.0 Å². The smallest absolute Gasteiger partial charge is 0.317 e. The first-order chi connectivity index (χ1) is 7.58. The molecule has 90 valence electrons. The molecule has 0 spiro atoms. The monoisotopic (exact) mass is 222 g/mol. The maximum Gasteiger partial charge on any atom is 0.317 e. The van der Waals surface area contributed by atoms with E-state index in [0.29, 0.717) is 17.5 Å². The molecule has 16 heavy (non-hydrogen) atoms. The summed E-state index contributed by atoms with van der Waals surface area (Å²) in [7, 11) is 0. The van der Waals surface area contributed by atoms with E-state index in [1.807, 2.05) is 0 Å². The number of hydrogen-bond donors (Lipinski definition) is 1. The van der Waals surface area contributed by atoms with E-state index in [-0.39, 0.29) is 6.03 Å². The van der Waals surface area contributed by atoms with Gasteiger partial charge >= 0.3 is 6.03 Å². The Morgan fingerprint density at radius 2 is 2.00 bits per heavy atom. The maximum absolute atomic E-state index is 12.1. The van der Waals surface area contributed by atoms with Gasteiger partial charge in [-0.1, -0.05) is 20.3 Å². The summed E-state index contributed by atoms with van der Waals surface area (Å²) in [5.74, 6) is 0.734. The van der Waals surface area contributed by atoms with E-state index in [1.54, 1.807) is 0 Å². The number of hydrogen-bond acceptors (Lipinski definition) is 1. The van der Waals surface area contributed by atoms with Crippen molar-refractivity contribution in [3.05, 3.63) is 0 Å². The Kier molecular flexibility index (Phi) is 2.20. The predicted molar refractivity (Wildman–Crippen MR) is 63.2 cm³/mol. The van der Waals surface area contributed by atoms with Gasteiger partial charge in [-0.25, -0.2) is 4.79 Å². The number of nitrogens with zero attached hydrogens (tertiary/aromatic N) is 1. The number of amides is 2. The zero-order valence-corrected chi connectivity index (χ0v) is 10.3. The van der Waals surface area contributed by atoms with Gasteiger partial charge in [-0.2, -0.15) is 0 Å². The molecule has 0 bridgehead atoms. The molecule has 1 aliphatic heterocycles. The van der Waals surface area contributed by atoms with Crippen molar-refractivity contribution in [2.45, 2.75) is 58.0 Å². The van der Waals surface area contributed by atoms with Gasteiger partial charge in [0.25, 0.3) is 0 Å². The maximum atomic E-state index is 12.1. The summed E-state index contributed by atoms with van der Waals surface area (Å²) in [6, 6.07) is 1.20. The van der Waals surface area contributed by atoms with Gasteiger partial charge in [0.15, 0.2) is 0 Å². The summed E-state index contributed by atoms with van der Waals surface area (Å²) >= 11 is 0. The number of carbonyl (C=O) groups is 1. The molecule has 3 nitrogen and oxygen atoms in total. The Hall–Kier alpha value is -0.730. The summed E-state index contributed by atoms with van der Waals surface area (Å²) < 4.78 is 0. The van der Waals surface area contributed by atoms with Gasteiger partial charge in [0.1, 0.15) is 0 Å². The molecule has 0 aromatic rings. The van der Waals surface area contributed by atoms with Crippen LogP contribution in [0.25, 0.3) is 0 Å². The molecule has 1 N–H and O–H groups in total. The molecular weight excluding hydrogens is 200 g/mol. The second-order valence-corrected chi connectivity index (χ2v) is 6.44. The standard InChI is InChI=1S/C13H22N2O/c1-13(2)8-15(11-5-3-4-10(11)13)12(16)14-9-6-7-9/h9-11H,3-8H2,1-2H3,(H,14,16). The Labute approximate surface area is 97.6 Å². The molecule has 0 aromatic carbocycles. The van der Waals surface area contributed by atoms with Gasteiger partial charge in [0, 0.05) is 18.6 Å². The predicted octanol–water partition coefficient (Wildman–Crippen LogP) is 2.37. The largest absolute Gasteiger partial charge is 0.335 e. The fraction of sp³-hybridized carbons (Fsp3) is 0.923. The zero-order chi connectivity index (χ0) is 11.3. The second-order valence-electron chi connectivity index (χ2n) is 6.44. The minimum atomic E-state index is 0.199. The molecule has 2 aliphatic carbocycles. The van der Waals surface area contributed by atoms with Crippen molar-refractivity contribution < 1.29 is 4.79 Å². The summed E-state index contributed by atoms with van der Waals surface area (Å²) in [5, 5.41) is 3.13. The lowest BCUT2D eigenvalue weighted by atomic mass is 9.80. The fourth-order valence-corrected chi connectivity index (χ4v) is 3.61. The van der Waals surface area contributed by atoms with Crippen molar-refractivity contribution in [2.24, 2.45) is 11.3 Å². The van der Waals surface area contributed by atoms with Gasteiger partial charge in [0.2, 0.25) is 0 Å². The molecule has 0 radical (unpaired) electrons. The first-order valence-corrected chi connectivity index (χ1v) is 6.65. The molecular formula is C13H22N2O. The van der Waals surface area contributed by atoms with Crippen molar-refractivity contribution in [1.29, 1.82) is 0 Å². The number of nitrogens with one attached hydrogen (secondary N) is 1. The summed E-state index contributed by atoms with van der Waals surface area (Å²) in [6.45, 7) is 5.58. The molecule has 3 aliphatic rings. The molecule has 2 atom stereocenters. The van der Waals surface area contributed by atoms with E-state index in [2.05, 4.69) is 24.1 Å². The highest BCUT2D eigenvalue weighted by Crippen LogP contribution is 2.48. The van der Waals surface area contributed by atoms with E-state index in [9.17, 15) is 4.79 Å². The van der Waals surface area contributed by atoms with Crippen molar-refractivity contribution >= 4 is 6.03 Å². The van der Waals surface area contributed by atoms with Crippen molar-refractivity contribution in [3.63, 3.8) is 0 Å². The number of urea groups is 1. The van der Waals surface area contributed by atoms with Crippen molar-refractivity contribution in [1.82, 2.24) is 10.2 Å². The van der Waals surface area contributed by atoms with E-state index >= 15 is 0 Å². The summed E-state index contributed by atoms with van der Waals surface area (Å²) in [5.41, 5.74) is 0.321. The minimum Gasteiger partial charge on any atom is -0.335 e. The van der Waals surface area contributed by atoms with Crippen LogP contribution in [0.5, 0.6) is 0 Å². The van der Waals surface area contributed by atoms with Crippen LogP contribution in [-0.2, 0) is 0 Å². The zero-order valence-electron chi connectivity index (χ0n) is 10.3. The fourth-order valence-electron chi connectivity index (χ4n) is 3.61. The van der Waals surface area contributed by atoms with Crippen LogP contribution >= 0.6 is 0 Å². The SMILES string of the molecule is CC1(C)CN(C(=O)NC2CC2)C2CCCC21. The molecule has 2 unspecified atom stereocenters. The summed E-state index contributed by atoms with van der Waals surface area (Å²) in [4.78, 5) is 14.3. The Morgan fingerprint density at radius 1 is 1.25 bits per heavy atom. The number of fused-ring (bicyclic) bond motifs is 1. The highest BCUT2D eigenvalue weighted by Gasteiger charge is 2.50. The molecule has 3 heteroatoms. The minimum absolute atomic E-state index is 0.199. The van der Waals surface area contributed by atoms with Crippen LogP contribution in [0, 0.1) is 11.3 Å². The third-order valence-corrected chi connectivity index (χ3v) is 4.63. The third-order valence-electron chi connectivity index (χ3n) is 4.63. The van der Waals surface area contributed by atoms with Gasteiger partial charge in [-0.3, -0.25) is 0 Å². The van der Waals surface area contributed by atoms with Crippen LogP contribution < -0.4 is 5.32 Å². The number of likely N-dealkylation sites (tertiary alicyclic amines) is 1. The first kappa shape index (κ1) is 10.4. The molecule has 1 saturated heterocycles. The van der Waals surface area contributed by atoms with Crippen LogP contribution in [0.1, 0.15) is 46.0 Å². The molecule has 3 fully saturated rings.